The molecule has 17 heavy (non-hydrogen) atoms. The van der Waals surface area contributed by atoms with Gasteiger partial charge in [-0.1, -0.05) is 19.8 Å². The molecule has 2 fully saturated rings. The number of β-amino-alcohol motifs (C(OH)–C–C–N with tert-alkyl or cyclic N) is 1. The highest BCUT2D eigenvalue weighted by atomic mass is 16.5. The van der Waals surface area contributed by atoms with Gasteiger partial charge in [-0.3, -0.25) is 4.79 Å². The molecule has 1 saturated carbocycles. The highest BCUT2D eigenvalue weighted by molar-refractivity contribution is 5.76. The Morgan fingerprint density at radius 1 is 1.41 bits per heavy atom. The summed E-state index contributed by atoms with van der Waals surface area (Å²) in [6, 6.07) is -0.300. The first-order chi connectivity index (χ1) is 8.15. The Morgan fingerprint density at radius 2 is 2.24 bits per heavy atom. The third kappa shape index (κ3) is 3.68. The lowest BCUT2D eigenvalue weighted by Gasteiger charge is -2.26. The average Bonchev–Trinajstić information content (AvgIpc) is 2.73. The number of nitrogens with one attached hydrogen (secondary N) is 1. The highest BCUT2D eigenvalue weighted by Crippen LogP contribution is 2.28. The normalized spacial score (nSPS) is 38.0. The van der Waals surface area contributed by atoms with Crippen LogP contribution in [0.15, 0.2) is 0 Å². The lowest BCUT2D eigenvalue weighted by Crippen LogP contribution is -2.33. The van der Waals surface area contributed by atoms with Crippen molar-refractivity contribution in [2.24, 2.45) is 11.8 Å². The fraction of sp³-hybridized carbons (Fsp3) is 0.923. The molecule has 2 aliphatic rings. The van der Waals surface area contributed by atoms with E-state index in [9.17, 15) is 9.90 Å². The molecule has 2 N–H and O–H groups in total. The van der Waals surface area contributed by atoms with Crippen molar-refractivity contribution in [3.63, 3.8) is 0 Å². The first-order valence-corrected chi connectivity index (χ1v) is 6.73. The van der Waals surface area contributed by atoms with E-state index in [1.165, 1.54) is 25.7 Å². The van der Waals surface area contributed by atoms with Crippen LogP contribution in [0.5, 0.6) is 0 Å². The van der Waals surface area contributed by atoms with Gasteiger partial charge in [0.1, 0.15) is 6.04 Å². The van der Waals surface area contributed by atoms with Gasteiger partial charge in [0.2, 0.25) is 0 Å². The fourth-order valence-corrected chi connectivity index (χ4v) is 2.91. The second-order valence-electron chi connectivity index (χ2n) is 5.62. The van der Waals surface area contributed by atoms with Crippen molar-refractivity contribution in [2.75, 3.05) is 13.2 Å². The van der Waals surface area contributed by atoms with Crippen molar-refractivity contribution in [2.45, 2.75) is 51.2 Å². The first-order valence-electron chi connectivity index (χ1n) is 6.73. The van der Waals surface area contributed by atoms with Crippen LogP contribution >= 0.6 is 0 Å². The minimum absolute atomic E-state index is 0.195. The minimum Gasteiger partial charge on any atom is -0.464 e. The number of carbonyl (C=O) groups is 1. The second-order valence-corrected chi connectivity index (χ2v) is 5.62. The highest BCUT2D eigenvalue weighted by Gasteiger charge is 2.30. The summed E-state index contributed by atoms with van der Waals surface area (Å²) in [5.74, 6) is 1.10. The number of aliphatic hydroxyl groups is 1. The number of hydrogen-bond donors (Lipinski definition) is 2. The van der Waals surface area contributed by atoms with Crippen molar-refractivity contribution in [3.8, 4) is 0 Å². The topological polar surface area (TPSA) is 58.6 Å². The molecule has 4 nitrogen and oxygen atoms in total. The van der Waals surface area contributed by atoms with Crippen molar-refractivity contribution >= 4 is 5.97 Å². The zero-order chi connectivity index (χ0) is 12.3. The zero-order valence-electron chi connectivity index (χ0n) is 10.5. The van der Waals surface area contributed by atoms with Gasteiger partial charge >= 0.3 is 5.97 Å². The van der Waals surface area contributed by atoms with Crippen molar-refractivity contribution in [1.29, 1.82) is 0 Å². The third-order valence-corrected chi connectivity index (χ3v) is 3.90. The predicted octanol–water partition coefficient (Wildman–Crippen LogP) is 1.08. The summed E-state index contributed by atoms with van der Waals surface area (Å²) in [7, 11) is 0. The van der Waals surface area contributed by atoms with Crippen LogP contribution in [0.2, 0.25) is 0 Å². The van der Waals surface area contributed by atoms with Crippen LogP contribution in [-0.4, -0.2) is 36.4 Å². The van der Waals surface area contributed by atoms with Crippen LogP contribution < -0.4 is 5.32 Å². The van der Waals surface area contributed by atoms with Crippen molar-refractivity contribution in [3.05, 3.63) is 0 Å². The molecule has 0 spiro atoms. The standard InChI is InChI=1S/C13H23NO3/c1-9-3-2-4-10(5-9)8-17-13(16)12-6-11(15)7-14-12/h9-12,14-15H,2-8H2,1H3/t9?,10?,11-,12+/m1/s1. The molecular formula is C13H23NO3. The zero-order valence-corrected chi connectivity index (χ0v) is 10.5. The largest absolute Gasteiger partial charge is 0.464 e. The van der Waals surface area contributed by atoms with Crippen molar-refractivity contribution < 1.29 is 14.6 Å². The lowest BCUT2D eigenvalue weighted by atomic mass is 9.83. The lowest BCUT2D eigenvalue weighted by molar-refractivity contribution is -0.147. The van der Waals surface area contributed by atoms with E-state index in [1.54, 1.807) is 0 Å². The SMILES string of the molecule is CC1CCCC(COC(=O)[C@@H]2C[C@@H](O)CN2)C1. The van der Waals surface area contributed by atoms with Gasteiger partial charge in [-0.05, 0) is 24.7 Å². The van der Waals surface area contributed by atoms with Gasteiger partial charge in [0.05, 0.1) is 12.7 Å². The van der Waals surface area contributed by atoms with Gasteiger partial charge in [-0.2, -0.15) is 0 Å². The molecule has 2 unspecified atom stereocenters. The molecule has 0 aromatic carbocycles. The van der Waals surface area contributed by atoms with Gasteiger partial charge < -0.3 is 15.2 Å². The number of rotatable bonds is 3. The van der Waals surface area contributed by atoms with Crippen LogP contribution in [-0.2, 0) is 9.53 Å². The maximum Gasteiger partial charge on any atom is 0.323 e. The molecule has 0 bridgehead atoms. The molecule has 4 atom stereocenters. The number of esters is 1. The summed E-state index contributed by atoms with van der Waals surface area (Å²) >= 11 is 0. The van der Waals surface area contributed by atoms with Crippen LogP contribution in [0.1, 0.15) is 39.0 Å². The quantitative estimate of drug-likeness (QED) is 0.726. The summed E-state index contributed by atoms with van der Waals surface area (Å²) in [6.07, 6.45) is 5.00. The Morgan fingerprint density at radius 3 is 2.88 bits per heavy atom. The van der Waals surface area contributed by atoms with E-state index >= 15 is 0 Å². The Bertz CT molecular complexity index is 269. The Balaban J connectivity index is 1.69. The molecule has 1 aliphatic heterocycles. The minimum atomic E-state index is -0.401. The monoisotopic (exact) mass is 241 g/mol. The molecule has 1 aliphatic carbocycles. The molecule has 1 saturated heterocycles. The van der Waals surface area contributed by atoms with Gasteiger partial charge in [0.15, 0.2) is 0 Å². The molecular weight excluding hydrogens is 218 g/mol. The first kappa shape index (κ1) is 12.8. The Kier molecular flexibility index (Phi) is 4.40. The maximum absolute atomic E-state index is 11.7. The second kappa shape index (κ2) is 5.83. The summed E-state index contributed by atoms with van der Waals surface area (Å²) < 4.78 is 5.35. The smallest absolute Gasteiger partial charge is 0.323 e. The number of aliphatic hydroxyl groups excluding tert-OH is 1. The van der Waals surface area contributed by atoms with Crippen LogP contribution in [0, 0.1) is 11.8 Å². The molecule has 1 heterocycles. The molecule has 4 heteroatoms. The van der Waals surface area contributed by atoms with E-state index in [1.807, 2.05) is 0 Å². The molecule has 98 valence electrons. The van der Waals surface area contributed by atoms with Gasteiger partial charge in [0.25, 0.3) is 0 Å². The number of ether oxygens (including phenoxy) is 1. The summed E-state index contributed by atoms with van der Waals surface area (Å²) in [4.78, 5) is 11.7. The van der Waals surface area contributed by atoms with E-state index < -0.39 is 6.10 Å². The molecule has 0 radical (unpaired) electrons. The summed E-state index contributed by atoms with van der Waals surface area (Å²) in [5, 5.41) is 12.3. The Hall–Kier alpha value is -0.610. The van der Waals surface area contributed by atoms with Gasteiger partial charge in [0, 0.05) is 13.0 Å². The van der Waals surface area contributed by atoms with Crippen LogP contribution in [0.3, 0.4) is 0 Å². The predicted molar refractivity (Wildman–Crippen MR) is 64.5 cm³/mol. The van der Waals surface area contributed by atoms with Gasteiger partial charge in [-0.15, -0.1) is 0 Å². The number of hydrogen-bond acceptors (Lipinski definition) is 4. The molecule has 0 amide bonds. The van der Waals surface area contributed by atoms with Crippen molar-refractivity contribution in [1.82, 2.24) is 5.32 Å². The summed E-state index contributed by atoms with van der Waals surface area (Å²) in [5.41, 5.74) is 0. The van der Waals surface area contributed by atoms with Crippen LogP contribution in [0.4, 0.5) is 0 Å². The van der Waals surface area contributed by atoms with Gasteiger partial charge in [-0.25, -0.2) is 0 Å². The van der Waals surface area contributed by atoms with Crippen LogP contribution in [0.25, 0.3) is 0 Å². The summed E-state index contributed by atoms with van der Waals surface area (Å²) in [6.45, 7) is 3.32. The number of carbonyl (C=O) groups excluding carboxylic acids is 1. The molecule has 0 aromatic heterocycles. The molecule has 0 aromatic rings. The maximum atomic E-state index is 11.7. The van der Waals surface area contributed by atoms with E-state index in [0.29, 0.717) is 25.5 Å². The van der Waals surface area contributed by atoms with E-state index in [0.717, 1.165) is 5.92 Å². The Labute approximate surface area is 103 Å². The van der Waals surface area contributed by atoms with E-state index in [-0.39, 0.29) is 12.0 Å². The average molecular weight is 241 g/mol. The van der Waals surface area contributed by atoms with E-state index in [2.05, 4.69) is 12.2 Å². The van der Waals surface area contributed by atoms with E-state index in [4.69, 9.17) is 4.74 Å². The third-order valence-electron chi connectivity index (χ3n) is 3.90. The fourth-order valence-electron chi connectivity index (χ4n) is 2.91. The molecule has 2 rings (SSSR count).